The van der Waals surface area contributed by atoms with Gasteiger partial charge in [0.05, 0.1) is 59.7 Å². The van der Waals surface area contributed by atoms with E-state index in [1.54, 1.807) is 41.3 Å². The number of amides is 2. The highest BCUT2D eigenvalue weighted by molar-refractivity contribution is 6.91. The van der Waals surface area contributed by atoms with Crippen LogP contribution in [0.25, 0.3) is 5.69 Å². The van der Waals surface area contributed by atoms with Crippen LogP contribution in [0.2, 0.25) is 23.7 Å². The van der Waals surface area contributed by atoms with E-state index in [9.17, 15) is 14.7 Å². The first kappa shape index (κ1) is 39.6. The number of aliphatic hydroxyl groups excluding tert-OH is 1. The van der Waals surface area contributed by atoms with Gasteiger partial charge in [-0.1, -0.05) is 85.3 Å². The number of carbonyl (C=O) groups excluding carboxylic acids is 2. The molecule has 0 radical (unpaired) electrons. The number of anilines is 1. The maximum Gasteiger partial charge on any atom is 0.297 e. The summed E-state index contributed by atoms with van der Waals surface area (Å²) in [5.41, 5.74) is 3.09. The predicted molar refractivity (Wildman–Crippen MR) is 227 cm³/mol. The highest BCUT2D eigenvalue weighted by atomic mass is 35.5. The Morgan fingerprint density at radius 2 is 1.69 bits per heavy atom. The van der Waals surface area contributed by atoms with Gasteiger partial charge in [0.1, 0.15) is 5.75 Å². The highest BCUT2D eigenvalue weighted by Crippen LogP contribution is 2.60. The Morgan fingerprint density at radius 1 is 0.931 bits per heavy atom. The number of benzene rings is 4. The molecule has 8 rings (SSSR count). The minimum atomic E-state index is -2.57. The Hall–Kier alpha value is -5.20. The summed E-state index contributed by atoms with van der Waals surface area (Å²) in [4.78, 5) is 46.7. The number of pyridine rings is 1. The zero-order valence-corrected chi connectivity index (χ0v) is 35.1. The normalized spacial score (nSPS) is 22.6. The number of hydrogen-bond donors (Lipinski definition) is 1. The number of nitrogens with zero attached hydrogens (tertiary/aromatic N) is 3. The third kappa shape index (κ3) is 6.63. The lowest BCUT2D eigenvalue weighted by molar-refractivity contribution is -0.151. The Morgan fingerprint density at radius 3 is 2.41 bits per heavy atom. The molecule has 3 aliphatic rings. The van der Waals surface area contributed by atoms with Crippen molar-refractivity contribution in [3.8, 4) is 17.2 Å². The zero-order valence-electron chi connectivity index (χ0n) is 33.4. The van der Waals surface area contributed by atoms with Crippen LogP contribution < -0.4 is 25.1 Å². The number of aromatic nitrogens is 1. The van der Waals surface area contributed by atoms with Gasteiger partial charge in [0.2, 0.25) is 5.91 Å². The quantitative estimate of drug-likeness (QED) is 0.158. The molecule has 2 amide bonds. The van der Waals surface area contributed by atoms with E-state index in [0.717, 1.165) is 27.6 Å². The SMILES string of the molecule is COc1ccc([Si](C)(C)[C@@H]2[C@@H](CC(=O)N3Cc4ccccc4C[C@H]3CO)O[C@]3(C(=O)N(Cc4cccc(-n5cccc(OC)c5=O)c4)c4ccc(Cl)cc43)[C@H]2C)cc1. The van der Waals surface area contributed by atoms with Crippen LogP contribution >= 0.6 is 11.6 Å². The van der Waals surface area contributed by atoms with E-state index in [1.807, 2.05) is 66.7 Å². The van der Waals surface area contributed by atoms with Crippen molar-refractivity contribution in [2.24, 2.45) is 5.92 Å². The van der Waals surface area contributed by atoms with Gasteiger partial charge in [0, 0.05) is 34.9 Å². The molecule has 4 heterocycles. The summed E-state index contributed by atoms with van der Waals surface area (Å²) in [5.74, 6) is 0.273. The minimum Gasteiger partial charge on any atom is -0.497 e. The lowest BCUT2D eigenvalue weighted by atomic mass is 9.82. The third-order valence-electron chi connectivity index (χ3n) is 12.7. The first-order chi connectivity index (χ1) is 27.9. The van der Waals surface area contributed by atoms with E-state index in [2.05, 4.69) is 38.2 Å². The topological polar surface area (TPSA) is 111 Å². The monoisotopic (exact) mass is 817 g/mol. The molecule has 4 aromatic carbocycles. The zero-order chi connectivity index (χ0) is 40.9. The van der Waals surface area contributed by atoms with Gasteiger partial charge in [-0.15, -0.1) is 0 Å². The van der Waals surface area contributed by atoms with Crippen LogP contribution in [0.3, 0.4) is 0 Å². The molecule has 12 heteroatoms. The van der Waals surface area contributed by atoms with Gasteiger partial charge in [-0.25, -0.2) is 0 Å². The fourth-order valence-electron chi connectivity index (χ4n) is 9.79. The number of rotatable bonds is 10. The van der Waals surface area contributed by atoms with Crippen molar-refractivity contribution in [1.29, 1.82) is 0 Å². The largest absolute Gasteiger partial charge is 0.497 e. The molecule has 0 unspecified atom stereocenters. The van der Waals surface area contributed by atoms with Crippen molar-refractivity contribution in [3.05, 3.63) is 147 Å². The van der Waals surface area contributed by atoms with Gasteiger partial charge in [-0.3, -0.25) is 19.0 Å². The number of hydrogen-bond acceptors (Lipinski definition) is 7. The lowest BCUT2D eigenvalue weighted by Gasteiger charge is -2.39. The van der Waals surface area contributed by atoms with Crippen LogP contribution in [0.5, 0.6) is 11.5 Å². The van der Waals surface area contributed by atoms with E-state index >= 15 is 4.79 Å². The van der Waals surface area contributed by atoms with Crippen molar-refractivity contribution in [1.82, 2.24) is 9.47 Å². The van der Waals surface area contributed by atoms with Crippen molar-refractivity contribution in [3.63, 3.8) is 0 Å². The molecule has 0 saturated carbocycles. The summed E-state index contributed by atoms with van der Waals surface area (Å²) in [6, 6.07) is 32.2. The fraction of sp³-hybridized carbons (Fsp3) is 0.326. The predicted octanol–water partition coefficient (Wildman–Crippen LogP) is 6.61. The Kier molecular flexibility index (Phi) is 10.6. The molecule has 300 valence electrons. The van der Waals surface area contributed by atoms with Crippen LogP contribution in [0.4, 0.5) is 5.69 Å². The first-order valence-corrected chi connectivity index (χ1v) is 23.1. The second kappa shape index (κ2) is 15.5. The van der Waals surface area contributed by atoms with E-state index in [-0.39, 0.29) is 60.2 Å². The highest BCUT2D eigenvalue weighted by Gasteiger charge is 2.66. The molecule has 1 fully saturated rings. The number of aliphatic hydroxyl groups is 1. The molecular formula is C46H48ClN3O7Si. The number of ether oxygens (including phenoxy) is 3. The van der Waals surface area contributed by atoms with Crippen LogP contribution in [-0.4, -0.2) is 67.4 Å². The smallest absolute Gasteiger partial charge is 0.297 e. The van der Waals surface area contributed by atoms with Crippen LogP contribution in [0.1, 0.15) is 35.6 Å². The van der Waals surface area contributed by atoms with Gasteiger partial charge >= 0.3 is 0 Å². The van der Waals surface area contributed by atoms with Crippen molar-refractivity contribution in [2.75, 3.05) is 25.7 Å². The molecule has 0 bridgehead atoms. The molecule has 5 atom stereocenters. The standard InChI is InChI=1S/C46H48ClN3O7Si/c1-29-43(58(4,5)37-18-16-36(55-2)17-19-37)41(25-42(52)49-27-32-12-7-6-11-31(32)23-35(49)28-51)57-46(29)38-24-33(47)15-20-39(38)50(45(46)54)26-30-10-8-13-34(22-30)48-21-9-14-40(56-3)44(48)53/h6-22,24,29,35,41,43,51H,23,25-28H2,1-5H3/t29-,35-,41+,43-,46+/m0/s1. The Bertz CT molecular complexity index is 2440. The average molecular weight is 818 g/mol. The third-order valence-corrected chi connectivity index (χ3v) is 17.3. The van der Waals surface area contributed by atoms with Crippen molar-refractivity contribution >= 4 is 42.4 Å². The summed E-state index contributed by atoms with van der Waals surface area (Å²) in [6.45, 7) is 7.09. The summed E-state index contributed by atoms with van der Waals surface area (Å²) < 4.78 is 19.6. The van der Waals surface area contributed by atoms with Crippen molar-refractivity contribution in [2.45, 2.75) is 69.2 Å². The minimum absolute atomic E-state index is 0.0442. The second-order valence-corrected chi connectivity index (χ2v) is 21.3. The fourth-order valence-corrected chi connectivity index (χ4v) is 14.0. The second-order valence-electron chi connectivity index (χ2n) is 16.2. The molecule has 3 aliphatic heterocycles. The molecule has 1 saturated heterocycles. The maximum absolute atomic E-state index is 15.4. The molecule has 1 aromatic heterocycles. The van der Waals surface area contributed by atoms with Crippen LogP contribution in [-0.2, 0) is 39.4 Å². The lowest BCUT2D eigenvalue weighted by Crippen LogP contribution is -2.52. The molecule has 5 aromatic rings. The number of methoxy groups -OCH3 is 2. The molecule has 58 heavy (non-hydrogen) atoms. The number of fused-ring (bicyclic) bond motifs is 3. The van der Waals surface area contributed by atoms with E-state index < -0.39 is 19.8 Å². The van der Waals surface area contributed by atoms with E-state index in [1.165, 1.54) is 11.7 Å². The van der Waals surface area contributed by atoms with Gasteiger partial charge < -0.3 is 29.1 Å². The molecule has 1 spiro atoms. The van der Waals surface area contributed by atoms with Gasteiger partial charge in [0.25, 0.3) is 11.5 Å². The average Bonchev–Trinajstić information content (AvgIpc) is 3.65. The summed E-state index contributed by atoms with van der Waals surface area (Å²) in [5, 5.41) is 12.1. The molecule has 0 aliphatic carbocycles. The maximum atomic E-state index is 15.4. The van der Waals surface area contributed by atoms with Crippen LogP contribution in [0, 0.1) is 5.92 Å². The first-order valence-electron chi connectivity index (χ1n) is 19.7. The van der Waals surface area contributed by atoms with Crippen molar-refractivity contribution < 1.29 is 28.9 Å². The summed E-state index contributed by atoms with van der Waals surface area (Å²) >= 11 is 6.75. The van der Waals surface area contributed by atoms with Gasteiger partial charge in [-0.2, -0.15) is 0 Å². The van der Waals surface area contributed by atoms with Crippen LogP contribution in [0.15, 0.2) is 114 Å². The van der Waals surface area contributed by atoms with E-state index in [4.69, 9.17) is 25.8 Å². The Labute approximate surface area is 344 Å². The summed E-state index contributed by atoms with van der Waals surface area (Å²) in [7, 11) is 0.540. The van der Waals surface area contributed by atoms with Gasteiger partial charge in [-0.05, 0) is 83.2 Å². The summed E-state index contributed by atoms with van der Waals surface area (Å²) in [6.07, 6.45) is 1.67. The number of carbonyl (C=O) groups is 2. The van der Waals surface area contributed by atoms with Gasteiger partial charge in [0.15, 0.2) is 11.4 Å². The Balaban J connectivity index is 1.19. The molecule has 10 nitrogen and oxygen atoms in total. The molecular weight excluding hydrogens is 770 g/mol. The molecule has 1 N–H and O–H groups in total. The van der Waals surface area contributed by atoms with E-state index in [0.29, 0.717) is 34.9 Å². The number of halogens is 1.